The third-order valence-electron chi connectivity index (χ3n) is 2.61. The van der Waals surface area contributed by atoms with Gasteiger partial charge in [-0.25, -0.2) is 17.6 Å². The minimum atomic E-state index is -2.83. The van der Waals surface area contributed by atoms with E-state index in [9.17, 15) is 17.6 Å². The molecule has 1 aromatic rings. The van der Waals surface area contributed by atoms with Gasteiger partial charge in [-0.1, -0.05) is 0 Å². The third kappa shape index (κ3) is 2.58. The number of hydrogen-bond donors (Lipinski definition) is 1. The summed E-state index contributed by atoms with van der Waals surface area (Å²) in [6.07, 6.45) is -3.56. The molecule has 1 saturated heterocycles. The van der Waals surface area contributed by atoms with Crippen LogP contribution in [0.15, 0.2) is 12.1 Å². The molecule has 1 aliphatic heterocycles. The Morgan fingerprint density at radius 2 is 2.06 bits per heavy atom. The van der Waals surface area contributed by atoms with E-state index in [1.54, 1.807) is 0 Å². The molecule has 6 heteroatoms. The molecule has 1 N–H and O–H groups in total. The summed E-state index contributed by atoms with van der Waals surface area (Å²) in [6, 6.07) is 1.47. The SMILES string of the molecule is Fc1cc(C(F)F)cc(C2CNCCO2)c1F. The fourth-order valence-electron chi connectivity index (χ4n) is 1.76. The summed E-state index contributed by atoms with van der Waals surface area (Å²) < 4.78 is 56.9. The second-order valence-corrected chi connectivity index (χ2v) is 3.77. The molecular weight excluding hydrogens is 238 g/mol. The number of rotatable bonds is 2. The van der Waals surface area contributed by atoms with Gasteiger partial charge in [0.05, 0.1) is 12.7 Å². The zero-order chi connectivity index (χ0) is 12.4. The highest BCUT2D eigenvalue weighted by Crippen LogP contribution is 2.29. The molecular formula is C11H11F4NO. The number of benzene rings is 1. The van der Waals surface area contributed by atoms with Crippen LogP contribution in [0.4, 0.5) is 17.6 Å². The Bertz CT molecular complexity index is 405. The van der Waals surface area contributed by atoms with Crippen LogP contribution in [0.3, 0.4) is 0 Å². The zero-order valence-corrected chi connectivity index (χ0v) is 8.85. The lowest BCUT2D eigenvalue weighted by atomic mass is 10.0. The number of alkyl halides is 2. The molecule has 1 unspecified atom stereocenters. The summed E-state index contributed by atoms with van der Waals surface area (Å²) >= 11 is 0. The first-order chi connectivity index (χ1) is 8.09. The second-order valence-electron chi connectivity index (χ2n) is 3.77. The molecule has 0 saturated carbocycles. The van der Waals surface area contributed by atoms with Crippen LogP contribution >= 0.6 is 0 Å². The van der Waals surface area contributed by atoms with Gasteiger partial charge in [0.15, 0.2) is 11.6 Å². The monoisotopic (exact) mass is 249 g/mol. The van der Waals surface area contributed by atoms with Crippen LogP contribution < -0.4 is 5.32 Å². The molecule has 0 aliphatic carbocycles. The molecule has 1 fully saturated rings. The van der Waals surface area contributed by atoms with E-state index in [0.29, 0.717) is 19.2 Å². The highest BCUT2D eigenvalue weighted by molar-refractivity contribution is 5.29. The maximum absolute atomic E-state index is 13.5. The molecule has 0 spiro atoms. The van der Waals surface area contributed by atoms with Crippen molar-refractivity contribution in [1.29, 1.82) is 0 Å². The Morgan fingerprint density at radius 3 is 2.65 bits per heavy atom. The van der Waals surface area contributed by atoms with Crippen LogP contribution in [-0.2, 0) is 4.74 Å². The lowest BCUT2D eigenvalue weighted by Gasteiger charge is -2.24. The largest absolute Gasteiger partial charge is 0.371 e. The number of ether oxygens (including phenoxy) is 1. The number of halogens is 4. The average molecular weight is 249 g/mol. The summed E-state index contributed by atoms with van der Waals surface area (Å²) in [4.78, 5) is 0. The Kier molecular flexibility index (Phi) is 3.63. The molecule has 17 heavy (non-hydrogen) atoms. The molecule has 1 aliphatic rings. The van der Waals surface area contributed by atoms with E-state index in [1.165, 1.54) is 0 Å². The fourth-order valence-corrected chi connectivity index (χ4v) is 1.76. The van der Waals surface area contributed by atoms with E-state index in [-0.39, 0.29) is 12.1 Å². The first kappa shape index (κ1) is 12.3. The fraction of sp³-hybridized carbons (Fsp3) is 0.455. The standard InChI is InChI=1S/C11H11F4NO/c12-8-4-6(11(14)15)3-7(10(8)13)9-5-16-1-2-17-9/h3-4,9,11,16H,1-2,5H2. The summed E-state index contributed by atoms with van der Waals surface area (Å²) in [7, 11) is 0. The molecule has 1 heterocycles. The van der Waals surface area contributed by atoms with Crippen molar-refractivity contribution in [2.45, 2.75) is 12.5 Å². The maximum Gasteiger partial charge on any atom is 0.263 e. The van der Waals surface area contributed by atoms with Crippen molar-refractivity contribution in [2.75, 3.05) is 19.7 Å². The first-order valence-electron chi connectivity index (χ1n) is 5.19. The maximum atomic E-state index is 13.5. The molecule has 1 atom stereocenters. The van der Waals surface area contributed by atoms with Crippen molar-refractivity contribution < 1.29 is 22.3 Å². The van der Waals surface area contributed by atoms with E-state index < -0.39 is 29.7 Å². The van der Waals surface area contributed by atoms with Gasteiger partial charge in [-0.3, -0.25) is 0 Å². The predicted octanol–water partition coefficient (Wildman–Crippen LogP) is 2.56. The lowest BCUT2D eigenvalue weighted by Crippen LogP contribution is -2.34. The molecule has 2 nitrogen and oxygen atoms in total. The molecule has 94 valence electrons. The predicted molar refractivity (Wildman–Crippen MR) is 52.9 cm³/mol. The number of nitrogens with one attached hydrogen (secondary N) is 1. The zero-order valence-electron chi connectivity index (χ0n) is 8.85. The van der Waals surface area contributed by atoms with Gasteiger partial charge in [0.25, 0.3) is 6.43 Å². The van der Waals surface area contributed by atoms with Gasteiger partial charge in [-0.15, -0.1) is 0 Å². The van der Waals surface area contributed by atoms with Crippen LogP contribution in [0.2, 0.25) is 0 Å². The van der Waals surface area contributed by atoms with Gasteiger partial charge in [0, 0.05) is 24.2 Å². The van der Waals surface area contributed by atoms with Gasteiger partial charge in [-0.05, 0) is 12.1 Å². The van der Waals surface area contributed by atoms with E-state index in [0.717, 1.165) is 6.07 Å². The topological polar surface area (TPSA) is 21.3 Å². The summed E-state index contributed by atoms with van der Waals surface area (Å²) in [5, 5.41) is 2.93. The van der Waals surface area contributed by atoms with Crippen molar-refractivity contribution in [3.05, 3.63) is 34.9 Å². The van der Waals surface area contributed by atoms with Crippen molar-refractivity contribution >= 4 is 0 Å². The molecule has 0 aromatic heterocycles. The second kappa shape index (κ2) is 5.01. The first-order valence-corrected chi connectivity index (χ1v) is 5.19. The van der Waals surface area contributed by atoms with E-state index in [1.807, 2.05) is 0 Å². The average Bonchev–Trinajstić information content (AvgIpc) is 2.33. The Labute approximate surface area is 95.6 Å². The Balaban J connectivity index is 2.36. The molecule has 0 radical (unpaired) electrons. The van der Waals surface area contributed by atoms with Crippen molar-refractivity contribution in [3.63, 3.8) is 0 Å². The van der Waals surface area contributed by atoms with Crippen LogP contribution in [0.5, 0.6) is 0 Å². The normalized spacial score (nSPS) is 20.9. The molecule has 0 amide bonds. The van der Waals surface area contributed by atoms with Crippen LogP contribution in [0.1, 0.15) is 23.7 Å². The number of morpholine rings is 1. The minimum absolute atomic E-state index is 0.160. The van der Waals surface area contributed by atoms with Gasteiger partial charge in [0.1, 0.15) is 0 Å². The van der Waals surface area contributed by atoms with Crippen LogP contribution in [0.25, 0.3) is 0 Å². The highest BCUT2D eigenvalue weighted by Gasteiger charge is 2.24. The Morgan fingerprint density at radius 1 is 1.29 bits per heavy atom. The van der Waals surface area contributed by atoms with Crippen molar-refractivity contribution in [1.82, 2.24) is 5.32 Å². The molecule has 1 aromatic carbocycles. The van der Waals surface area contributed by atoms with E-state index in [4.69, 9.17) is 4.74 Å². The van der Waals surface area contributed by atoms with E-state index >= 15 is 0 Å². The summed E-state index contributed by atoms with van der Waals surface area (Å²) in [5.41, 5.74) is -0.694. The van der Waals surface area contributed by atoms with Crippen molar-refractivity contribution in [2.24, 2.45) is 0 Å². The van der Waals surface area contributed by atoms with Gasteiger partial charge in [-0.2, -0.15) is 0 Å². The quantitative estimate of drug-likeness (QED) is 0.813. The van der Waals surface area contributed by atoms with Crippen LogP contribution in [0, 0.1) is 11.6 Å². The highest BCUT2D eigenvalue weighted by atomic mass is 19.3. The van der Waals surface area contributed by atoms with Gasteiger partial charge < -0.3 is 10.1 Å². The Hall–Kier alpha value is -1.14. The molecule has 0 bridgehead atoms. The van der Waals surface area contributed by atoms with Crippen molar-refractivity contribution in [3.8, 4) is 0 Å². The molecule has 2 rings (SSSR count). The lowest BCUT2D eigenvalue weighted by molar-refractivity contribution is 0.0248. The van der Waals surface area contributed by atoms with Gasteiger partial charge in [0.2, 0.25) is 0 Å². The summed E-state index contributed by atoms with van der Waals surface area (Å²) in [6.45, 7) is 1.23. The van der Waals surface area contributed by atoms with E-state index in [2.05, 4.69) is 5.32 Å². The minimum Gasteiger partial charge on any atom is -0.371 e. The third-order valence-corrected chi connectivity index (χ3v) is 2.61. The van der Waals surface area contributed by atoms with Gasteiger partial charge >= 0.3 is 0 Å². The summed E-state index contributed by atoms with van der Waals surface area (Å²) in [5.74, 6) is -2.39. The van der Waals surface area contributed by atoms with Crippen LogP contribution in [-0.4, -0.2) is 19.7 Å². The number of hydrogen-bond acceptors (Lipinski definition) is 2. The smallest absolute Gasteiger partial charge is 0.263 e.